The molecule has 0 aliphatic carbocycles. The molecule has 1 unspecified atom stereocenters. The second-order valence-electron chi connectivity index (χ2n) is 4.42. The number of hydrogen-bond acceptors (Lipinski definition) is 1. The number of nitrogens with one attached hydrogen (secondary N) is 1. The van der Waals surface area contributed by atoms with Crippen molar-refractivity contribution in [3.8, 4) is 0 Å². The van der Waals surface area contributed by atoms with Crippen molar-refractivity contribution >= 4 is 15.9 Å². The van der Waals surface area contributed by atoms with Crippen LogP contribution in [-0.2, 0) is 6.42 Å². The molecule has 0 aliphatic heterocycles. The Morgan fingerprint density at radius 3 is 2.50 bits per heavy atom. The first-order valence-electron chi connectivity index (χ1n) is 6.08. The van der Waals surface area contributed by atoms with Gasteiger partial charge in [-0.2, -0.15) is 0 Å². The molecule has 0 fully saturated rings. The third-order valence-electron chi connectivity index (χ3n) is 3.14. The summed E-state index contributed by atoms with van der Waals surface area (Å²) in [6.07, 6.45) is 0.165. The Bertz CT molecular complexity index is 616. The fourth-order valence-corrected chi connectivity index (χ4v) is 2.41. The monoisotopic (exact) mass is 343 g/mol. The van der Waals surface area contributed by atoms with Crippen LogP contribution in [0, 0.1) is 17.5 Å². The topological polar surface area (TPSA) is 12.0 Å². The van der Waals surface area contributed by atoms with Gasteiger partial charge in [-0.25, -0.2) is 13.2 Å². The van der Waals surface area contributed by atoms with Crippen LogP contribution in [0.3, 0.4) is 0 Å². The normalized spacial score (nSPS) is 12.4. The zero-order valence-electron chi connectivity index (χ0n) is 10.8. The maximum atomic E-state index is 13.9. The molecular formula is C15H13BrF3N. The molecule has 0 spiro atoms. The van der Waals surface area contributed by atoms with Crippen LogP contribution in [0.4, 0.5) is 13.2 Å². The van der Waals surface area contributed by atoms with Gasteiger partial charge in [-0.05, 0) is 37.2 Å². The van der Waals surface area contributed by atoms with E-state index in [0.717, 1.165) is 6.07 Å². The van der Waals surface area contributed by atoms with Crippen molar-refractivity contribution in [1.82, 2.24) is 5.32 Å². The quantitative estimate of drug-likeness (QED) is 0.869. The third-order valence-corrected chi connectivity index (χ3v) is 3.64. The van der Waals surface area contributed by atoms with Crippen LogP contribution in [0.15, 0.2) is 40.9 Å². The van der Waals surface area contributed by atoms with E-state index in [1.165, 1.54) is 18.2 Å². The van der Waals surface area contributed by atoms with Gasteiger partial charge >= 0.3 is 0 Å². The molecule has 2 aromatic rings. The molecule has 2 rings (SSSR count). The summed E-state index contributed by atoms with van der Waals surface area (Å²) in [5, 5.41) is 2.93. The molecular weight excluding hydrogens is 331 g/mol. The van der Waals surface area contributed by atoms with Crippen LogP contribution >= 0.6 is 15.9 Å². The van der Waals surface area contributed by atoms with Crippen molar-refractivity contribution in [3.63, 3.8) is 0 Å². The van der Waals surface area contributed by atoms with Gasteiger partial charge in [-0.1, -0.05) is 34.1 Å². The maximum absolute atomic E-state index is 13.9. The number of halogens is 4. The van der Waals surface area contributed by atoms with Crippen molar-refractivity contribution < 1.29 is 13.2 Å². The summed E-state index contributed by atoms with van der Waals surface area (Å²) in [7, 11) is 1.66. The fourth-order valence-electron chi connectivity index (χ4n) is 2.08. The zero-order chi connectivity index (χ0) is 14.7. The standard InChI is InChI=1S/C15H13BrF3N/c1-20-14(11-6-5-10(16)8-13(11)18)7-9-3-2-4-12(17)15(9)19/h2-6,8,14,20H,7H2,1H3. The molecule has 1 N–H and O–H groups in total. The number of rotatable bonds is 4. The van der Waals surface area contributed by atoms with E-state index in [2.05, 4.69) is 21.2 Å². The zero-order valence-corrected chi connectivity index (χ0v) is 12.3. The van der Waals surface area contributed by atoms with E-state index in [4.69, 9.17) is 0 Å². The molecule has 0 amide bonds. The molecule has 5 heteroatoms. The highest BCUT2D eigenvalue weighted by molar-refractivity contribution is 9.10. The summed E-state index contributed by atoms with van der Waals surface area (Å²) in [6, 6.07) is 8.26. The van der Waals surface area contributed by atoms with Crippen LogP contribution in [0.2, 0.25) is 0 Å². The molecule has 0 radical (unpaired) electrons. The lowest BCUT2D eigenvalue weighted by Crippen LogP contribution is -2.20. The Balaban J connectivity index is 2.31. The molecule has 0 heterocycles. The van der Waals surface area contributed by atoms with E-state index < -0.39 is 23.5 Å². The Morgan fingerprint density at radius 1 is 1.10 bits per heavy atom. The Labute approximate surface area is 123 Å². The molecule has 0 bridgehead atoms. The van der Waals surface area contributed by atoms with Crippen molar-refractivity contribution in [2.45, 2.75) is 12.5 Å². The van der Waals surface area contributed by atoms with Gasteiger partial charge in [0.15, 0.2) is 11.6 Å². The Kier molecular flexibility index (Phi) is 4.83. The predicted molar refractivity (Wildman–Crippen MR) is 76.0 cm³/mol. The van der Waals surface area contributed by atoms with E-state index in [0.29, 0.717) is 10.0 Å². The fraction of sp³-hybridized carbons (Fsp3) is 0.200. The van der Waals surface area contributed by atoms with E-state index in [9.17, 15) is 13.2 Å². The van der Waals surface area contributed by atoms with Gasteiger partial charge in [-0.3, -0.25) is 0 Å². The molecule has 0 aromatic heterocycles. The van der Waals surface area contributed by atoms with E-state index >= 15 is 0 Å². The van der Waals surface area contributed by atoms with Crippen LogP contribution in [0.1, 0.15) is 17.2 Å². The molecule has 106 valence electrons. The number of likely N-dealkylation sites (N-methyl/N-ethyl adjacent to an activating group) is 1. The predicted octanol–water partition coefficient (Wildman–Crippen LogP) is 4.37. The molecule has 2 aromatic carbocycles. The van der Waals surface area contributed by atoms with Crippen molar-refractivity contribution in [1.29, 1.82) is 0 Å². The van der Waals surface area contributed by atoms with Crippen molar-refractivity contribution in [2.24, 2.45) is 0 Å². The molecule has 20 heavy (non-hydrogen) atoms. The lowest BCUT2D eigenvalue weighted by Gasteiger charge is -2.18. The Morgan fingerprint density at radius 2 is 1.85 bits per heavy atom. The minimum absolute atomic E-state index is 0.165. The molecule has 0 aliphatic rings. The molecule has 1 nitrogen and oxygen atoms in total. The first-order chi connectivity index (χ1) is 9.52. The minimum Gasteiger partial charge on any atom is -0.313 e. The van der Waals surface area contributed by atoms with Gasteiger partial charge in [0.25, 0.3) is 0 Å². The smallest absolute Gasteiger partial charge is 0.162 e. The summed E-state index contributed by atoms with van der Waals surface area (Å²) >= 11 is 3.19. The van der Waals surface area contributed by atoms with Crippen molar-refractivity contribution in [2.75, 3.05) is 7.05 Å². The first kappa shape index (κ1) is 15.1. The Hall–Kier alpha value is -1.33. The molecule has 1 atom stereocenters. The summed E-state index contributed by atoms with van der Waals surface area (Å²) < 4.78 is 41.4. The van der Waals surface area contributed by atoms with Crippen LogP contribution in [0.5, 0.6) is 0 Å². The largest absolute Gasteiger partial charge is 0.313 e. The van der Waals surface area contributed by atoms with Gasteiger partial charge in [0.05, 0.1) is 0 Å². The molecule has 0 saturated carbocycles. The third kappa shape index (κ3) is 3.22. The highest BCUT2D eigenvalue weighted by Crippen LogP contribution is 2.25. The van der Waals surface area contributed by atoms with Gasteiger partial charge in [0, 0.05) is 16.1 Å². The van der Waals surface area contributed by atoms with Gasteiger partial charge in [-0.15, -0.1) is 0 Å². The summed E-state index contributed by atoms with van der Waals surface area (Å²) in [4.78, 5) is 0. The van der Waals surface area contributed by atoms with Gasteiger partial charge in [0.2, 0.25) is 0 Å². The first-order valence-corrected chi connectivity index (χ1v) is 6.87. The second kappa shape index (κ2) is 6.41. The highest BCUT2D eigenvalue weighted by Gasteiger charge is 2.18. The lowest BCUT2D eigenvalue weighted by molar-refractivity contribution is 0.480. The van der Waals surface area contributed by atoms with Gasteiger partial charge in [0.1, 0.15) is 5.82 Å². The lowest BCUT2D eigenvalue weighted by atomic mass is 9.98. The van der Waals surface area contributed by atoms with Gasteiger partial charge < -0.3 is 5.32 Å². The minimum atomic E-state index is -0.895. The van der Waals surface area contributed by atoms with E-state index in [1.54, 1.807) is 19.2 Å². The van der Waals surface area contributed by atoms with Crippen LogP contribution < -0.4 is 5.32 Å². The summed E-state index contributed by atoms with van der Waals surface area (Å²) in [6.45, 7) is 0. The highest BCUT2D eigenvalue weighted by atomic mass is 79.9. The van der Waals surface area contributed by atoms with E-state index in [1.807, 2.05) is 0 Å². The number of benzene rings is 2. The van der Waals surface area contributed by atoms with Crippen molar-refractivity contribution in [3.05, 3.63) is 69.4 Å². The SMILES string of the molecule is CNC(Cc1cccc(F)c1F)c1ccc(Br)cc1F. The number of hydrogen-bond donors (Lipinski definition) is 1. The van der Waals surface area contributed by atoms with Crippen LogP contribution in [-0.4, -0.2) is 7.05 Å². The van der Waals surface area contributed by atoms with E-state index in [-0.39, 0.29) is 12.0 Å². The maximum Gasteiger partial charge on any atom is 0.162 e. The summed E-state index contributed by atoms with van der Waals surface area (Å²) in [5.74, 6) is -2.17. The second-order valence-corrected chi connectivity index (χ2v) is 5.34. The molecule has 0 saturated heterocycles. The average molecular weight is 344 g/mol. The summed E-state index contributed by atoms with van der Waals surface area (Å²) in [5.41, 5.74) is 0.631. The average Bonchev–Trinajstić information content (AvgIpc) is 2.41. The van der Waals surface area contributed by atoms with Crippen LogP contribution in [0.25, 0.3) is 0 Å².